The Kier molecular flexibility index (Phi) is 6.59. The third kappa shape index (κ3) is 5.63. The molecular formula is C22H24FN3O3. The van der Waals surface area contributed by atoms with Crippen LogP contribution in [-0.2, 0) is 4.79 Å². The van der Waals surface area contributed by atoms with Gasteiger partial charge in [0, 0.05) is 30.3 Å². The van der Waals surface area contributed by atoms with E-state index in [9.17, 15) is 18.8 Å². The molecular weight excluding hydrogens is 373 g/mol. The fourth-order valence-corrected chi connectivity index (χ4v) is 3.22. The number of hydrogen-bond donors (Lipinski definition) is 2. The van der Waals surface area contributed by atoms with E-state index in [1.807, 2.05) is 19.1 Å². The molecule has 2 aromatic carbocycles. The lowest BCUT2D eigenvalue weighted by atomic mass is 10.0. The van der Waals surface area contributed by atoms with Gasteiger partial charge in [-0.05, 0) is 56.2 Å². The topological polar surface area (TPSA) is 78.5 Å². The molecule has 1 aliphatic rings. The average molecular weight is 397 g/mol. The summed E-state index contributed by atoms with van der Waals surface area (Å²) in [5, 5.41) is 5.58. The normalized spacial score (nSPS) is 14.3. The van der Waals surface area contributed by atoms with E-state index in [-0.39, 0.29) is 36.1 Å². The molecule has 7 heteroatoms. The molecule has 0 spiro atoms. The molecule has 3 amide bonds. The van der Waals surface area contributed by atoms with Crippen molar-refractivity contribution >= 4 is 17.7 Å². The average Bonchev–Trinajstić information content (AvgIpc) is 2.73. The van der Waals surface area contributed by atoms with Crippen LogP contribution < -0.4 is 10.6 Å². The van der Waals surface area contributed by atoms with Crippen LogP contribution >= 0.6 is 0 Å². The lowest BCUT2D eigenvalue weighted by molar-refractivity contribution is -0.131. The zero-order valence-electron chi connectivity index (χ0n) is 16.3. The van der Waals surface area contributed by atoms with Gasteiger partial charge in [-0.2, -0.15) is 0 Å². The van der Waals surface area contributed by atoms with Crippen LogP contribution in [0.25, 0.3) is 0 Å². The van der Waals surface area contributed by atoms with Crippen LogP contribution in [0.5, 0.6) is 0 Å². The van der Waals surface area contributed by atoms with Gasteiger partial charge in [0.25, 0.3) is 11.8 Å². The van der Waals surface area contributed by atoms with Gasteiger partial charge >= 0.3 is 0 Å². The molecule has 0 unspecified atom stereocenters. The van der Waals surface area contributed by atoms with Crippen molar-refractivity contribution in [1.82, 2.24) is 15.5 Å². The molecule has 2 aromatic rings. The number of nitrogens with one attached hydrogen (secondary N) is 2. The van der Waals surface area contributed by atoms with Gasteiger partial charge in [0.1, 0.15) is 5.82 Å². The van der Waals surface area contributed by atoms with Gasteiger partial charge in [-0.25, -0.2) is 4.39 Å². The molecule has 1 saturated heterocycles. The fourth-order valence-electron chi connectivity index (χ4n) is 3.22. The molecule has 3 rings (SSSR count). The number of benzene rings is 2. The summed E-state index contributed by atoms with van der Waals surface area (Å²) < 4.78 is 13.0. The maximum absolute atomic E-state index is 13.0. The Balaban J connectivity index is 1.42. The van der Waals surface area contributed by atoms with Crippen LogP contribution in [-0.4, -0.2) is 48.3 Å². The quantitative estimate of drug-likeness (QED) is 0.813. The minimum atomic E-state index is -0.386. The smallest absolute Gasteiger partial charge is 0.251 e. The first-order valence-electron chi connectivity index (χ1n) is 9.61. The number of carbonyl (C=O) groups excluding carboxylic acids is 3. The molecule has 2 N–H and O–H groups in total. The van der Waals surface area contributed by atoms with Crippen LogP contribution in [0, 0.1) is 12.7 Å². The monoisotopic (exact) mass is 397 g/mol. The van der Waals surface area contributed by atoms with Gasteiger partial charge in [-0.3, -0.25) is 14.4 Å². The molecule has 0 aromatic heterocycles. The predicted octanol–water partition coefficient (Wildman–Crippen LogP) is 2.28. The van der Waals surface area contributed by atoms with Gasteiger partial charge < -0.3 is 15.5 Å². The summed E-state index contributed by atoms with van der Waals surface area (Å²) in [6, 6.07) is 12.5. The molecule has 1 aliphatic heterocycles. The fraction of sp³-hybridized carbons (Fsp3) is 0.318. The molecule has 152 valence electrons. The van der Waals surface area contributed by atoms with E-state index in [2.05, 4.69) is 10.6 Å². The van der Waals surface area contributed by atoms with Gasteiger partial charge in [0.05, 0.1) is 6.54 Å². The third-order valence-corrected chi connectivity index (χ3v) is 5.00. The number of halogens is 1. The SMILES string of the molecule is Cc1ccc(C(=O)NCC(=O)N2CCC(NC(=O)c3ccc(F)cc3)CC2)cc1. The van der Waals surface area contributed by atoms with E-state index in [1.165, 1.54) is 24.3 Å². The number of likely N-dealkylation sites (tertiary alicyclic amines) is 1. The first-order valence-corrected chi connectivity index (χ1v) is 9.61. The van der Waals surface area contributed by atoms with Crippen molar-refractivity contribution in [3.8, 4) is 0 Å². The highest BCUT2D eigenvalue weighted by atomic mass is 19.1. The zero-order valence-corrected chi connectivity index (χ0v) is 16.3. The van der Waals surface area contributed by atoms with Crippen LogP contribution in [0.2, 0.25) is 0 Å². The molecule has 1 heterocycles. The number of aryl methyl sites for hydroxylation is 1. The van der Waals surface area contributed by atoms with Gasteiger partial charge in [-0.15, -0.1) is 0 Å². The van der Waals surface area contributed by atoms with E-state index < -0.39 is 0 Å². The van der Waals surface area contributed by atoms with E-state index in [0.29, 0.717) is 37.1 Å². The summed E-state index contributed by atoms with van der Waals surface area (Å²) in [5.41, 5.74) is 1.99. The van der Waals surface area contributed by atoms with E-state index >= 15 is 0 Å². The van der Waals surface area contributed by atoms with Crippen LogP contribution in [0.1, 0.15) is 39.1 Å². The van der Waals surface area contributed by atoms with Gasteiger partial charge in [0.15, 0.2) is 0 Å². The second-order valence-corrected chi connectivity index (χ2v) is 7.18. The highest BCUT2D eigenvalue weighted by Crippen LogP contribution is 2.12. The minimum absolute atomic E-state index is 0.0428. The maximum Gasteiger partial charge on any atom is 0.251 e. The van der Waals surface area contributed by atoms with E-state index in [4.69, 9.17) is 0 Å². The summed E-state index contributed by atoms with van der Waals surface area (Å²) in [6.07, 6.45) is 1.26. The molecule has 0 aliphatic carbocycles. The molecule has 6 nitrogen and oxygen atoms in total. The Morgan fingerprint density at radius 3 is 2.10 bits per heavy atom. The van der Waals surface area contributed by atoms with Crippen molar-refractivity contribution in [1.29, 1.82) is 0 Å². The highest BCUT2D eigenvalue weighted by molar-refractivity contribution is 5.96. The lowest BCUT2D eigenvalue weighted by Gasteiger charge is -2.32. The highest BCUT2D eigenvalue weighted by Gasteiger charge is 2.24. The molecule has 29 heavy (non-hydrogen) atoms. The van der Waals surface area contributed by atoms with Crippen molar-refractivity contribution in [3.05, 3.63) is 71.0 Å². The van der Waals surface area contributed by atoms with E-state index in [0.717, 1.165) is 5.56 Å². The summed E-state index contributed by atoms with van der Waals surface area (Å²) in [5.74, 6) is -1.06. The summed E-state index contributed by atoms with van der Waals surface area (Å²) in [7, 11) is 0. The van der Waals surface area contributed by atoms with Crippen LogP contribution in [0.3, 0.4) is 0 Å². The molecule has 0 saturated carbocycles. The summed E-state index contributed by atoms with van der Waals surface area (Å²) >= 11 is 0. The number of nitrogens with zero attached hydrogens (tertiary/aromatic N) is 1. The molecule has 0 radical (unpaired) electrons. The van der Waals surface area contributed by atoms with Crippen molar-refractivity contribution in [2.75, 3.05) is 19.6 Å². The lowest BCUT2D eigenvalue weighted by Crippen LogP contribution is -2.49. The van der Waals surface area contributed by atoms with Crippen LogP contribution in [0.4, 0.5) is 4.39 Å². The second kappa shape index (κ2) is 9.32. The zero-order chi connectivity index (χ0) is 20.8. The minimum Gasteiger partial charge on any atom is -0.349 e. The molecule has 0 bridgehead atoms. The third-order valence-electron chi connectivity index (χ3n) is 5.00. The van der Waals surface area contributed by atoms with Crippen molar-refractivity contribution < 1.29 is 18.8 Å². The van der Waals surface area contributed by atoms with Gasteiger partial charge in [-0.1, -0.05) is 17.7 Å². The Morgan fingerprint density at radius 2 is 1.48 bits per heavy atom. The number of rotatable bonds is 5. The Morgan fingerprint density at radius 1 is 0.931 bits per heavy atom. The predicted molar refractivity (Wildman–Crippen MR) is 107 cm³/mol. The van der Waals surface area contributed by atoms with Gasteiger partial charge in [0.2, 0.25) is 5.91 Å². The van der Waals surface area contributed by atoms with Crippen molar-refractivity contribution in [2.45, 2.75) is 25.8 Å². The van der Waals surface area contributed by atoms with Crippen LogP contribution in [0.15, 0.2) is 48.5 Å². The first kappa shape index (κ1) is 20.5. The Labute approximate surface area is 169 Å². The number of amides is 3. The number of hydrogen-bond acceptors (Lipinski definition) is 3. The summed E-state index contributed by atoms with van der Waals surface area (Å²) in [4.78, 5) is 38.4. The number of carbonyl (C=O) groups is 3. The van der Waals surface area contributed by atoms with Crippen molar-refractivity contribution in [2.24, 2.45) is 0 Å². The van der Waals surface area contributed by atoms with E-state index in [1.54, 1.807) is 17.0 Å². The Bertz CT molecular complexity index is 873. The summed E-state index contributed by atoms with van der Waals surface area (Å²) in [6.45, 7) is 2.90. The van der Waals surface area contributed by atoms with Crippen molar-refractivity contribution in [3.63, 3.8) is 0 Å². The maximum atomic E-state index is 13.0. The molecule has 0 atom stereocenters. The number of piperidine rings is 1. The first-order chi connectivity index (χ1) is 13.9. The Hall–Kier alpha value is -3.22. The standard InChI is InChI=1S/C22H24FN3O3/c1-15-2-4-16(5-3-15)21(28)24-14-20(27)26-12-10-19(11-13-26)25-22(29)17-6-8-18(23)9-7-17/h2-9,19H,10-14H2,1H3,(H,24,28)(H,25,29). The second-order valence-electron chi connectivity index (χ2n) is 7.18. The largest absolute Gasteiger partial charge is 0.349 e. The molecule has 1 fully saturated rings.